The summed E-state index contributed by atoms with van der Waals surface area (Å²) < 4.78 is 7.41. The van der Waals surface area contributed by atoms with Crippen LogP contribution in [0.25, 0.3) is 0 Å². The van der Waals surface area contributed by atoms with Gasteiger partial charge in [-0.1, -0.05) is 129 Å². The fourth-order valence-electron chi connectivity index (χ4n) is 6.03. The predicted octanol–water partition coefficient (Wildman–Crippen LogP) is 9.91. The average Bonchev–Trinajstić information content (AvgIpc) is 2.72. The summed E-state index contributed by atoms with van der Waals surface area (Å²) in [7, 11) is 0. The normalized spacial score (nSPS) is 26.3. The molecule has 29 heavy (non-hydrogen) atoms. The molecule has 0 heterocycles. The van der Waals surface area contributed by atoms with E-state index in [9.17, 15) is 0 Å². The van der Waals surface area contributed by atoms with E-state index in [-0.39, 0.29) is 11.2 Å². The van der Waals surface area contributed by atoms with Crippen molar-refractivity contribution in [2.75, 3.05) is 0 Å². The van der Waals surface area contributed by atoms with Gasteiger partial charge in [-0.2, -0.15) is 0 Å². The lowest BCUT2D eigenvalue weighted by Gasteiger charge is -2.45. The average molecular weight is 407 g/mol. The van der Waals surface area contributed by atoms with Crippen LogP contribution in [0.4, 0.5) is 0 Å². The number of hydrogen-bond acceptors (Lipinski definition) is 1. The Morgan fingerprint density at radius 1 is 0.379 bits per heavy atom. The summed E-state index contributed by atoms with van der Waals surface area (Å²) >= 11 is 0. The smallest absolute Gasteiger partial charge is 0.0687 e. The van der Waals surface area contributed by atoms with Gasteiger partial charge in [0.15, 0.2) is 0 Å². The Kier molecular flexibility index (Phi) is 12.9. The van der Waals surface area contributed by atoms with Crippen molar-refractivity contribution in [3.63, 3.8) is 0 Å². The van der Waals surface area contributed by atoms with Crippen LogP contribution < -0.4 is 0 Å². The monoisotopic (exact) mass is 406 g/mol. The third-order valence-electron chi connectivity index (χ3n) is 8.25. The number of ether oxygens (including phenoxy) is 1. The summed E-state index contributed by atoms with van der Waals surface area (Å²) in [6, 6.07) is 0. The Morgan fingerprint density at radius 3 is 0.793 bits per heavy atom. The van der Waals surface area contributed by atoms with Crippen molar-refractivity contribution in [2.24, 2.45) is 0 Å². The second kappa shape index (κ2) is 14.9. The van der Waals surface area contributed by atoms with Gasteiger partial charge in [0.1, 0.15) is 0 Å². The lowest BCUT2D eigenvalue weighted by Crippen LogP contribution is -2.44. The molecule has 0 aromatic rings. The molecule has 0 unspecified atom stereocenters. The zero-order chi connectivity index (χ0) is 20.7. The second-order valence-corrected chi connectivity index (χ2v) is 10.5. The van der Waals surface area contributed by atoms with Crippen LogP contribution in [0.2, 0.25) is 0 Å². The zero-order valence-corrected chi connectivity index (χ0v) is 20.4. The third kappa shape index (κ3) is 9.75. The van der Waals surface area contributed by atoms with Crippen molar-refractivity contribution in [3.8, 4) is 0 Å². The fourth-order valence-corrected chi connectivity index (χ4v) is 6.03. The first-order valence-electron chi connectivity index (χ1n) is 13.9. The molecule has 0 saturated heterocycles. The first kappa shape index (κ1) is 25.2. The molecule has 0 atom stereocenters. The molecule has 2 rings (SSSR count). The van der Waals surface area contributed by atoms with E-state index in [1.807, 2.05) is 0 Å². The van der Waals surface area contributed by atoms with Gasteiger partial charge >= 0.3 is 0 Å². The van der Waals surface area contributed by atoms with E-state index < -0.39 is 0 Å². The summed E-state index contributed by atoms with van der Waals surface area (Å²) in [6.45, 7) is 4.84. The first-order valence-corrected chi connectivity index (χ1v) is 13.9. The van der Waals surface area contributed by atoms with Gasteiger partial charge in [-0.15, -0.1) is 0 Å². The highest BCUT2D eigenvalue weighted by molar-refractivity contribution is 4.89. The first-order chi connectivity index (χ1) is 14.2. The molecule has 1 heteroatoms. The molecule has 2 saturated carbocycles. The molecule has 0 bridgehead atoms. The van der Waals surface area contributed by atoms with E-state index in [1.165, 1.54) is 154 Å². The molecule has 2 aliphatic rings. The van der Waals surface area contributed by atoms with E-state index in [0.717, 1.165) is 0 Å². The molecule has 2 aliphatic carbocycles. The molecule has 0 N–H and O–H groups in total. The summed E-state index contributed by atoms with van der Waals surface area (Å²) in [4.78, 5) is 0. The van der Waals surface area contributed by atoms with Gasteiger partial charge in [-0.3, -0.25) is 0 Å². The SMILES string of the molecule is CCC1(OC2(CC)CCCCCCCCCCC2)CCCCCCCCCCC1. The maximum Gasteiger partial charge on any atom is 0.0687 e. The molecule has 0 amide bonds. The molecular formula is C28H54O. The van der Waals surface area contributed by atoms with Crippen molar-refractivity contribution >= 4 is 0 Å². The van der Waals surface area contributed by atoms with E-state index in [4.69, 9.17) is 4.74 Å². The molecule has 0 spiro atoms. The van der Waals surface area contributed by atoms with Gasteiger partial charge in [0.2, 0.25) is 0 Å². The number of hydrogen-bond donors (Lipinski definition) is 0. The lowest BCUT2D eigenvalue weighted by atomic mass is 9.82. The summed E-state index contributed by atoms with van der Waals surface area (Å²) in [5, 5.41) is 0. The molecule has 0 aliphatic heterocycles. The van der Waals surface area contributed by atoms with Gasteiger partial charge < -0.3 is 4.74 Å². The summed E-state index contributed by atoms with van der Waals surface area (Å²) in [6.07, 6.45) is 33.4. The highest BCUT2D eigenvalue weighted by Gasteiger charge is 2.39. The highest BCUT2D eigenvalue weighted by atomic mass is 16.5. The molecule has 1 nitrogen and oxygen atoms in total. The van der Waals surface area contributed by atoms with Crippen LogP contribution in [0, 0.1) is 0 Å². The minimum atomic E-state index is 0.159. The van der Waals surface area contributed by atoms with Crippen LogP contribution in [-0.2, 0) is 4.74 Å². The topological polar surface area (TPSA) is 9.23 Å². The van der Waals surface area contributed by atoms with E-state index in [1.54, 1.807) is 0 Å². The van der Waals surface area contributed by atoms with Crippen LogP contribution in [0.15, 0.2) is 0 Å². The molecule has 2 fully saturated rings. The maximum absolute atomic E-state index is 7.41. The fraction of sp³-hybridized carbons (Fsp3) is 1.00. The van der Waals surface area contributed by atoms with Crippen LogP contribution >= 0.6 is 0 Å². The quantitative estimate of drug-likeness (QED) is 0.451. The van der Waals surface area contributed by atoms with Gasteiger partial charge in [-0.05, 0) is 38.5 Å². The Hall–Kier alpha value is -0.0400. The summed E-state index contributed by atoms with van der Waals surface area (Å²) in [5.74, 6) is 0. The number of rotatable bonds is 4. The van der Waals surface area contributed by atoms with Gasteiger partial charge in [0.25, 0.3) is 0 Å². The van der Waals surface area contributed by atoms with Crippen LogP contribution in [0.1, 0.15) is 168 Å². The van der Waals surface area contributed by atoms with E-state index in [0.29, 0.717) is 0 Å². The molecule has 172 valence electrons. The van der Waals surface area contributed by atoms with Gasteiger partial charge in [-0.25, -0.2) is 0 Å². The molecular weight excluding hydrogens is 352 g/mol. The summed E-state index contributed by atoms with van der Waals surface area (Å²) in [5.41, 5.74) is 0.318. The minimum absolute atomic E-state index is 0.159. The largest absolute Gasteiger partial charge is 0.369 e. The lowest BCUT2D eigenvalue weighted by molar-refractivity contribution is -0.178. The predicted molar refractivity (Wildman–Crippen MR) is 129 cm³/mol. The van der Waals surface area contributed by atoms with Crippen molar-refractivity contribution in [2.45, 2.75) is 179 Å². The Bertz CT molecular complexity index is 328. The molecule has 0 radical (unpaired) electrons. The van der Waals surface area contributed by atoms with Gasteiger partial charge in [0, 0.05) is 0 Å². The Morgan fingerprint density at radius 2 is 0.586 bits per heavy atom. The van der Waals surface area contributed by atoms with Gasteiger partial charge in [0.05, 0.1) is 11.2 Å². The van der Waals surface area contributed by atoms with Crippen molar-refractivity contribution in [3.05, 3.63) is 0 Å². The minimum Gasteiger partial charge on any atom is -0.369 e. The Labute approximate surface area is 184 Å². The van der Waals surface area contributed by atoms with Crippen molar-refractivity contribution in [1.29, 1.82) is 0 Å². The Balaban J connectivity index is 2.07. The van der Waals surface area contributed by atoms with Crippen LogP contribution in [0.3, 0.4) is 0 Å². The standard InChI is InChI=1S/C28H54O/c1-3-27(23-19-15-11-7-5-8-12-16-20-24-27)29-28(4-2)25-21-17-13-9-6-10-14-18-22-26-28/h3-26H2,1-2H3. The third-order valence-corrected chi connectivity index (χ3v) is 8.25. The molecule has 0 aromatic heterocycles. The zero-order valence-electron chi connectivity index (χ0n) is 20.4. The highest BCUT2D eigenvalue weighted by Crippen LogP contribution is 2.41. The van der Waals surface area contributed by atoms with Crippen LogP contribution in [-0.4, -0.2) is 11.2 Å². The van der Waals surface area contributed by atoms with E-state index in [2.05, 4.69) is 13.8 Å². The second-order valence-electron chi connectivity index (χ2n) is 10.5. The molecule has 0 aromatic carbocycles. The van der Waals surface area contributed by atoms with Crippen molar-refractivity contribution in [1.82, 2.24) is 0 Å². The maximum atomic E-state index is 7.41. The van der Waals surface area contributed by atoms with E-state index >= 15 is 0 Å². The van der Waals surface area contributed by atoms with Crippen molar-refractivity contribution < 1.29 is 4.74 Å². The van der Waals surface area contributed by atoms with Crippen LogP contribution in [0.5, 0.6) is 0 Å².